The second-order valence-electron chi connectivity index (χ2n) is 7.85. The third-order valence-electron chi connectivity index (χ3n) is 5.99. The van der Waals surface area contributed by atoms with Crippen LogP contribution < -0.4 is 5.32 Å². The number of nitrogens with one attached hydrogen (secondary N) is 1. The van der Waals surface area contributed by atoms with E-state index in [1.165, 1.54) is 12.8 Å². The number of carbonyl (C=O) groups excluding carboxylic acids is 1. The Labute approximate surface area is 153 Å². The second kappa shape index (κ2) is 6.38. The van der Waals surface area contributed by atoms with Crippen molar-refractivity contribution in [3.63, 3.8) is 0 Å². The van der Waals surface area contributed by atoms with E-state index in [2.05, 4.69) is 42.3 Å². The van der Waals surface area contributed by atoms with E-state index in [4.69, 9.17) is 4.74 Å². The summed E-state index contributed by atoms with van der Waals surface area (Å²) in [6.07, 6.45) is 2.39. The molecule has 0 radical (unpaired) electrons. The zero-order valence-corrected chi connectivity index (χ0v) is 16.0. The molecule has 4 nitrogen and oxygen atoms in total. The Morgan fingerprint density at radius 2 is 2.08 bits per heavy atom. The van der Waals surface area contributed by atoms with Gasteiger partial charge in [-0.15, -0.1) is 11.3 Å². The number of methoxy groups -OCH3 is 1. The van der Waals surface area contributed by atoms with E-state index < -0.39 is 0 Å². The van der Waals surface area contributed by atoms with Crippen LogP contribution in [0.1, 0.15) is 41.9 Å². The van der Waals surface area contributed by atoms with Crippen LogP contribution in [0.4, 0.5) is 0 Å². The number of amides is 1. The van der Waals surface area contributed by atoms with Gasteiger partial charge in [0, 0.05) is 23.4 Å². The fraction of sp³-hybridized carbons (Fsp3) is 0.550. The maximum atomic E-state index is 12.9. The topological polar surface area (TPSA) is 41.6 Å². The molecule has 134 valence electrons. The zero-order valence-electron chi connectivity index (χ0n) is 15.2. The zero-order chi connectivity index (χ0) is 17.6. The molecule has 3 aliphatic heterocycles. The Morgan fingerprint density at radius 1 is 1.32 bits per heavy atom. The molecule has 2 bridgehead atoms. The molecule has 1 aromatic carbocycles. The summed E-state index contributed by atoms with van der Waals surface area (Å²) in [6, 6.07) is 8.52. The first kappa shape index (κ1) is 17.0. The molecule has 0 spiro atoms. The number of benzene rings is 1. The smallest absolute Gasteiger partial charge is 0.261 e. The number of thiophene rings is 1. The van der Waals surface area contributed by atoms with E-state index in [1.54, 1.807) is 18.4 Å². The Morgan fingerprint density at radius 3 is 2.76 bits per heavy atom. The van der Waals surface area contributed by atoms with Crippen molar-refractivity contribution in [2.45, 2.75) is 44.9 Å². The fourth-order valence-electron chi connectivity index (χ4n) is 4.53. The van der Waals surface area contributed by atoms with Gasteiger partial charge in [-0.25, -0.2) is 0 Å². The molecule has 1 N–H and O–H groups in total. The molecule has 2 aromatic rings. The van der Waals surface area contributed by atoms with Crippen LogP contribution in [0, 0.1) is 5.92 Å². The molecule has 0 saturated carbocycles. The molecule has 1 unspecified atom stereocenters. The largest absolute Gasteiger partial charge is 0.380 e. The van der Waals surface area contributed by atoms with Gasteiger partial charge < -0.3 is 10.1 Å². The van der Waals surface area contributed by atoms with Crippen LogP contribution in [-0.2, 0) is 11.3 Å². The van der Waals surface area contributed by atoms with E-state index in [0.717, 1.165) is 33.6 Å². The molecule has 5 heteroatoms. The van der Waals surface area contributed by atoms with Crippen molar-refractivity contribution in [3.8, 4) is 0 Å². The van der Waals surface area contributed by atoms with Crippen molar-refractivity contribution in [1.29, 1.82) is 0 Å². The number of piperidine rings is 3. The minimum absolute atomic E-state index is 0.0408. The lowest BCUT2D eigenvalue weighted by atomic mass is 9.72. The van der Waals surface area contributed by atoms with Crippen LogP contribution in [0.15, 0.2) is 24.3 Å². The molecular formula is C20H26N2O2S. The minimum atomic E-state index is 0.0408. The molecule has 4 heterocycles. The molecular weight excluding hydrogens is 332 g/mol. The standard InChI is InChI=1S/C20H26N2O2S/c1-20(2)18(14-6-8-22(20)9-7-14)21-19(23)17-11-15-5-4-13(12-24-3)10-16(15)25-17/h4-5,10-11,14,18H,6-9,12H2,1-3H3,(H,21,23). The lowest BCUT2D eigenvalue weighted by Crippen LogP contribution is -2.69. The van der Waals surface area contributed by atoms with Crippen molar-refractivity contribution in [2.24, 2.45) is 5.92 Å². The van der Waals surface area contributed by atoms with Gasteiger partial charge in [-0.3, -0.25) is 9.69 Å². The van der Waals surface area contributed by atoms with Gasteiger partial charge in [0.15, 0.2) is 0 Å². The summed E-state index contributed by atoms with van der Waals surface area (Å²) in [7, 11) is 1.70. The predicted molar refractivity (Wildman–Crippen MR) is 102 cm³/mol. The van der Waals surface area contributed by atoms with Gasteiger partial charge in [-0.05, 0) is 68.8 Å². The summed E-state index contributed by atoms with van der Waals surface area (Å²) in [5.74, 6) is 0.674. The quantitative estimate of drug-likeness (QED) is 0.907. The van der Waals surface area contributed by atoms with Crippen LogP contribution in [0.25, 0.3) is 10.1 Å². The van der Waals surface area contributed by atoms with Crippen molar-refractivity contribution in [3.05, 3.63) is 34.7 Å². The van der Waals surface area contributed by atoms with E-state index in [1.807, 2.05) is 6.07 Å². The van der Waals surface area contributed by atoms with Crippen molar-refractivity contribution >= 4 is 27.3 Å². The number of nitrogens with zero attached hydrogens (tertiary/aromatic N) is 1. The van der Waals surface area contributed by atoms with Crippen LogP contribution in [0.2, 0.25) is 0 Å². The van der Waals surface area contributed by atoms with Gasteiger partial charge >= 0.3 is 0 Å². The first-order chi connectivity index (χ1) is 12.0. The van der Waals surface area contributed by atoms with Crippen LogP contribution in [0.3, 0.4) is 0 Å². The summed E-state index contributed by atoms with van der Waals surface area (Å²) in [5, 5.41) is 4.49. The monoisotopic (exact) mass is 358 g/mol. The van der Waals surface area contributed by atoms with Gasteiger partial charge in [0.2, 0.25) is 0 Å². The lowest BCUT2D eigenvalue weighted by Gasteiger charge is -2.56. The Bertz CT molecular complexity index is 790. The number of carbonyl (C=O) groups is 1. The molecule has 3 saturated heterocycles. The first-order valence-electron chi connectivity index (χ1n) is 9.06. The summed E-state index contributed by atoms with van der Waals surface area (Å²) in [4.78, 5) is 16.2. The van der Waals surface area contributed by atoms with E-state index in [-0.39, 0.29) is 17.5 Å². The Hall–Kier alpha value is -1.43. The summed E-state index contributed by atoms with van der Waals surface area (Å²) >= 11 is 1.57. The number of ether oxygens (including phenoxy) is 1. The summed E-state index contributed by atoms with van der Waals surface area (Å²) in [5.41, 5.74) is 1.18. The van der Waals surface area contributed by atoms with Crippen LogP contribution in [-0.4, -0.2) is 42.6 Å². The Balaban J connectivity index is 1.55. The van der Waals surface area contributed by atoms with E-state index in [0.29, 0.717) is 12.5 Å². The number of fused-ring (bicyclic) bond motifs is 4. The maximum Gasteiger partial charge on any atom is 0.261 e. The first-order valence-corrected chi connectivity index (χ1v) is 9.88. The van der Waals surface area contributed by atoms with Gasteiger partial charge in [-0.1, -0.05) is 12.1 Å². The molecule has 5 rings (SSSR count). The molecule has 3 aliphatic rings. The minimum Gasteiger partial charge on any atom is -0.380 e. The lowest BCUT2D eigenvalue weighted by molar-refractivity contribution is -0.0377. The molecule has 1 aromatic heterocycles. The average molecular weight is 359 g/mol. The third-order valence-corrected chi connectivity index (χ3v) is 7.09. The second-order valence-corrected chi connectivity index (χ2v) is 8.93. The fourth-order valence-corrected chi connectivity index (χ4v) is 5.56. The molecule has 3 fully saturated rings. The number of hydrogen-bond acceptors (Lipinski definition) is 4. The van der Waals surface area contributed by atoms with Gasteiger partial charge in [0.05, 0.1) is 11.5 Å². The van der Waals surface area contributed by atoms with Crippen LogP contribution >= 0.6 is 11.3 Å². The van der Waals surface area contributed by atoms with Gasteiger partial charge in [0.25, 0.3) is 5.91 Å². The highest BCUT2D eigenvalue weighted by Gasteiger charge is 2.48. The highest BCUT2D eigenvalue weighted by molar-refractivity contribution is 7.20. The van der Waals surface area contributed by atoms with Gasteiger partial charge in [-0.2, -0.15) is 0 Å². The summed E-state index contributed by atoms with van der Waals surface area (Å²) < 4.78 is 6.35. The molecule has 1 atom stereocenters. The van der Waals surface area contributed by atoms with Gasteiger partial charge in [0.1, 0.15) is 0 Å². The molecule has 1 amide bonds. The Kier molecular flexibility index (Phi) is 4.34. The third kappa shape index (κ3) is 2.98. The molecule has 0 aliphatic carbocycles. The maximum absolute atomic E-state index is 12.9. The molecule has 25 heavy (non-hydrogen) atoms. The summed E-state index contributed by atoms with van der Waals surface area (Å²) in [6.45, 7) is 7.46. The predicted octanol–water partition coefficient (Wildman–Crippen LogP) is 3.65. The number of rotatable bonds is 4. The average Bonchev–Trinajstić information content (AvgIpc) is 3.02. The van der Waals surface area contributed by atoms with Crippen molar-refractivity contribution in [2.75, 3.05) is 20.2 Å². The van der Waals surface area contributed by atoms with Crippen molar-refractivity contribution < 1.29 is 9.53 Å². The van der Waals surface area contributed by atoms with E-state index >= 15 is 0 Å². The highest BCUT2D eigenvalue weighted by atomic mass is 32.1. The highest BCUT2D eigenvalue weighted by Crippen LogP contribution is 2.39. The number of hydrogen-bond donors (Lipinski definition) is 1. The van der Waals surface area contributed by atoms with Crippen molar-refractivity contribution in [1.82, 2.24) is 10.2 Å². The SMILES string of the molecule is COCc1ccc2cc(C(=O)NC3C4CCN(CC4)C3(C)C)sc2c1. The van der Waals surface area contributed by atoms with Crippen LogP contribution in [0.5, 0.6) is 0 Å². The van der Waals surface area contributed by atoms with E-state index in [9.17, 15) is 4.79 Å². The normalized spacial score (nSPS) is 27.6.